The lowest BCUT2D eigenvalue weighted by Gasteiger charge is -2.49. The number of aromatic amines is 1. The monoisotopic (exact) mass is 308 g/mol. The second kappa shape index (κ2) is 4.48. The van der Waals surface area contributed by atoms with Crippen molar-refractivity contribution in [3.8, 4) is 0 Å². The van der Waals surface area contributed by atoms with Crippen LogP contribution in [0.25, 0.3) is 10.9 Å². The Kier molecular flexibility index (Phi) is 2.61. The molecule has 4 heterocycles. The molecule has 2 unspecified atom stereocenters. The van der Waals surface area contributed by atoms with Crippen LogP contribution >= 0.6 is 0 Å². The van der Waals surface area contributed by atoms with Crippen molar-refractivity contribution in [2.24, 2.45) is 5.41 Å². The van der Waals surface area contributed by atoms with E-state index in [0.29, 0.717) is 13.2 Å². The third-order valence-electron chi connectivity index (χ3n) is 5.85. The van der Waals surface area contributed by atoms with Crippen molar-refractivity contribution in [3.63, 3.8) is 0 Å². The first-order chi connectivity index (χ1) is 11.2. The number of benzene rings is 1. The standard InChI is InChI=1S/C19H20N2O2/c1-19-11-23-9-7-12(19)10-16-17-14(6-8-21(16)18(19)22)13-4-2-3-5-15(13)20-17/h2-5,7,16,20H,6,8-11H2,1H3. The Morgan fingerprint density at radius 1 is 1.35 bits per heavy atom. The van der Waals surface area contributed by atoms with E-state index in [2.05, 4.69) is 40.2 Å². The first kappa shape index (κ1) is 13.4. The quantitative estimate of drug-likeness (QED) is 0.761. The Morgan fingerprint density at radius 3 is 3.13 bits per heavy atom. The van der Waals surface area contributed by atoms with E-state index in [9.17, 15) is 4.79 Å². The summed E-state index contributed by atoms with van der Waals surface area (Å²) in [7, 11) is 0. The maximum Gasteiger partial charge on any atom is 0.235 e. The van der Waals surface area contributed by atoms with Crippen molar-refractivity contribution >= 4 is 16.8 Å². The SMILES string of the molecule is CC12COCC=C1CC1c3[nH]c4ccccc4c3CCN1C2=O. The third-order valence-corrected chi connectivity index (χ3v) is 5.85. The van der Waals surface area contributed by atoms with E-state index in [0.717, 1.165) is 19.4 Å². The van der Waals surface area contributed by atoms with Gasteiger partial charge in [-0.15, -0.1) is 0 Å². The highest BCUT2D eigenvalue weighted by atomic mass is 16.5. The van der Waals surface area contributed by atoms with Crippen LogP contribution in [0.5, 0.6) is 0 Å². The summed E-state index contributed by atoms with van der Waals surface area (Å²) in [4.78, 5) is 18.8. The summed E-state index contributed by atoms with van der Waals surface area (Å²) >= 11 is 0. The fourth-order valence-corrected chi connectivity index (χ4v) is 4.55. The molecule has 0 spiro atoms. The number of fused-ring (bicyclic) bond motifs is 6. The highest BCUT2D eigenvalue weighted by Crippen LogP contribution is 2.48. The Labute approximate surface area is 135 Å². The van der Waals surface area contributed by atoms with Gasteiger partial charge in [-0.1, -0.05) is 29.8 Å². The molecular formula is C19H20N2O2. The predicted octanol–water partition coefficient (Wildman–Crippen LogP) is 2.96. The molecule has 1 aromatic carbocycles. The van der Waals surface area contributed by atoms with Crippen LogP contribution in [0, 0.1) is 5.41 Å². The van der Waals surface area contributed by atoms with Crippen LogP contribution in [0.2, 0.25) is 0 Å². The molecule has 4 heteroatoms. The van der Waals surface area contributed by atoms with Gasteiger partial charge < -0.3 is 14.6 Å². The van der Waals surface area contributed by atoms with Gasteiger partial charge in [0.15, 0.2) is 0 Å². The van der Waals surface area contributed by atoms with Crippen LogP contribution in [0.3, 0.4) is 0 Å². The molecule has 3 aliphatic rings. The molecule has 0 saturated carbocycles. The van der Waals surface area contributed by atoms with Gasteiger partial charge in [-0.2, -0.15) is 0 Å². The van der Waals surface area contributed by atoms with Crippen LogP contribution in [-0.4, -0.2) is 35.5 Å². The summed E-state index contributed by atoms with van der Waals surface area (Å²) in [6, 6.07) is 8.61. The summed E-state index contributed by atoms with van der Waals surface area (Å²) in [5.41, 5.74) is 4.60. The molecule has 0 radical (unpaired) electrons. The van der Waals surface area contributed by atoms with Crippen molar-refractivity contribution < 1.29 is 9.53 Å². The van der Waals surface area contributed by atoms with Crippen LogP contribution in [0.15, 0.2) is 35.9 Å². The smallest absolute Gasteiger partial charge is 0.235 e. The molecular weight excluding hydrogens is 288 g/mol. The molecule has 2 atom stereocenters. The van der Waals surface area contributed by atoms with Gasteiger partial charge in [-0.3, -0.25) is 4.79 Å². The molecule has 1 N–H and O–H groups in total. The number of hydrogen-bond acceptors (Lipinski definition) is 2. The summed E-state index contributed by atoms with van der Waals surface area (Å²) in [5.74, 6) is 0.226. The fraction of sp³-hybridized carbons (Fsp3) is 0.421. The Hall–Kier alpha value is -2.07. The molecule has 3 aliphatic heterocycles. The van der Waals surface area contributed by atoms with Crippen molar-refractivity contribution in [2.75, 3.05) is 19.8 Å². The maximum atomic E-state index is 13.1. The predicted molar refractivity (Wildman–Crippen MR) is 88.1 cm³/mol. The van der Waals surface area contributed by atoms with Crippen LogP contribution in [0.1, 0.15) is 30.6 Å². The Bertz CT molecular complexity index is 850. The number of aromatic nitrogens is 1. The first-order valence-corrected chi connectivity index (χ1v) is 8.36. The highest BCUT2D eigenvalue weighted by Gasteiger charge is 2.50. The maximum absolute atomic E-state index is 13.1. The average Bonchev–Trinajstić information content (AvgIpc) is 2.95. The zero-order valence-electron chi connectivity index (χ0n) is 13.3. The van der Waals surface area contributed by atoms with Gasteiger partial charge in [0.1, 0.15) is 0 Å². The van der Waals surface area contributed by atoms with Crippen molar-refractivity contribution in [2.45, 2.75) is 25.8 Å². The van der Waals surface area contributed by atoms with Gasteiger partial charge in [-0.05, 0) is 31.4 Å². The fourth-order valence-electron chi connectivity index (χ4n) is 4.55. The van der Waals surface area contributed by atoms with Crippen molar-refractivity contribution in [1.29, 1.82) is 0 Å². The number of carbonyl (C=O) groups excluding carboxylic acids is 1. The van der Waals surface area contributed by atoms with Gasteiger partial charge in [0.2, 0.25) is 5.91 Å². The van der Waals surface area contributed by atoms with Crippen molar-refractivity contribution in [3.05, 3.63) is 47.2 Å². The molecule has 1 saturated heterocycles. The van der Waals surface area contributed by atoms with E-state index in [1.807, 2.05) is 6.92 Å². The van der Waals surface area contributed by atoms with Gasteiger partial charge in [0.05, 0.1) is 24.7 Å². The van der Waals surface area contributed by atoms with E-state index >= 15 is 0 Å². The molecule has 23 heavy (non-hydrogen) atoms. The molecule has 5 rings (SSSR count). The molecule has 0 bridgehead atoms. The third kappa shape index (κ3) is 1.67. The second-order valence-corrected chi connectivity index (χ2v) is 7.11. The zero-order chi connectivity index (χ0) is 15.6. The van der Waals surface area contributed by atoms with Gasteiger partial charge in [0.25, 0.3) is 0 Å². The molecule has 0 aliphatic carbocycles. The second-order valence-electron chi connectivity index (χ2n) is 7.11. The summed E-state index contributed by atoms with van der Waals surface area (Å²) in [6.07, 6.45) is 3.97. The van der Waals surface area contributed by atoms with E-state index in [1.165, 1.54) is 27.7 Å². The molecule has 1 fully saturated rings. The van der Waals surface area contributed by atoms with E-state index in [4.69, 9.17) is 4.74 Å². The summed E-state index contributed by atoms with van der Waals surface area (Å²) in [6.45, 7) is 3.99. The topological polar surface area (TPSA) is 45.3 Å². The van der Waals surface area contributed by atoms with Crippen LogP contribution in [-0.2, 0) is 16.0 Å². The number of amides is 1. The minimum absolute atomic E-state index is 0.149. The zero-order valence-corrected chi connectivity index (χ0v) is 13.3. The molecule has 1 aromatic heterocycles. The minimum Gasteiger partial charge on any atom is -0.376 e. The van der Waals surface area contributed by atoms with Crippen LogP contribution < -0.4 is 0 Å². The summed E-state index contributed by atoms with van der Waals surface area (Å²) in [5, 5.41) is 1.31. The molecule has 2 aromatic rings. The largest absolute Gasteiger partial charge is 0.376 e. The van der Waals surface area contributed by atoms with Crippen LogP contribution in [0.4, 0.5) is 0 Å². The Balaban J connectivity index is 1.66. The number of piperidine rings is 1. The number of rotatable bonds is 0. The first-order valence-electron chi connectivity index (χ1n) is 8.36. The number of nitrogens with zero attached hydrogens (tertiary/aromatic N) is 1. The molecule has 118 valence electrons. The van der Waals surface area contributed by atoms with Crippen molar-refractivity contribution in [1.82, 2.24) is 9.88 Å². The number of nitrogens with one attached hydrogen (secondary N) is 1. The van der Waals surface area contributed by atoms with Gasteiger partial charge in [0, 0.05) is 23.1 Å². The molecule has 1 amide bonds. The summed E-state index contributed by atoms with van der Waals surface area (Å²) < 4.78 is 5.58. The van der Waals surface area contributed by atoms with Gasteiger partial charge >= 0.3 is 0 Å². The number of hydrogen-bond donors (Lipinski definition) is 1. The van der Waals surface area contributed by atoms with E-state index < -0.39 is 5.41 Å². The lowest BCUT2D eigenvalue weighted by Crippen LogP contribution is -2.55. The highest BCUT2D eigenvalue weighted by molar-refractivity contribution is 5.90. The number of para-hydroxylation sites is 1. The van der Waals surface area contributed by atoms with E-state index in [1.54, 1.807) is 0 Å². The average molecular weight is 308 g/mol. The number of ether oxygens (including phenoxy) is 1. The lowest BCUT2D eigenvalue weighted by molar-refractivity contribution is -0.150. The molecule has 4 nitrogen and oxygen atoms in total. The number of carbonyl (C=O) groups is 1. The Morgan fingerprint density at radius 2 is 2.22 bits per heavy atom. The lowest BCUT2D eigenvalue weighted by atomic mass is 9.71. The number of H-pyrrole nitrogens is 1. The van der Waals surface area contributed by atoms with E-state index in [-0.39, 0.29) is 11.9 Å². The normalized spacial score (nSPS) is 29.8. The van der Waals surface area contributed by atoms with Gasteiger partial charge in [-0.25, -0.2) is 0 Å². The minimum atomic E-state index is -0.460.